The fraction of sp³-hybridized carbons (Fsp3) is 0.833. The van der Waals surface area contributed by atoms with Gasteiger partial charge in [0.2, 0.25) is 0 Å². The van der Waals surface area contributed by atoms with Crippen molar-refractivity contribution in [2.24, 2.45) is 5.92 Å². The van der Waals surface area contributed by atoms with Crippen molar-refractivity contribution in [3.63, 3.8) is 0 Å². The van der Waals surface area contributed by atoms with E-state index in [2.05, 4.69) is 0 Å². The zero-order valence-corrected chi connectivity index (χ0v) is 6.18. The first-order valence-corrected chi connectivity index (χ1v) is 3.24. The van der Waals surface area contributed by atoms with Crippen LogP contribution in [0.3, 0.4) is 0 Å². The predicted octanol–water partition coefficient (Wildman–Crippen LogP) is -0.00390. The van der Waals surface area contributed by atoms with Gasteiger partial charge in [0.05, 0.1) is 0 Å². The highest BCUT2D eigenvalue weighted by atomic mass is 19.3. The van der Waals surface area contributed by atoms with Crippen LogP contribution in [0.2, 0.25) is 0 Å². The molecule has 0 aliphatic heterocycles. The maximum absolute atomic E-state index is 11.5. The molecule has 0 aliphatic carbocycles. The zero-order valence-electron chi connectivity index (χ0n) is 6.18. The Labute approximate surface area is 63.4 Å². The third-order valence-corrected chi connectivity index (χ3v) is 1.13. The molecule has 5 heteroatoms. The molecular weight excluding hydrogens is 156 g/mol. The van der Waals surface area contributed by atoms with Crippen molar-refractivity contribution >= 4 is 5.91 Å². The Kier molecular flexibility index (Phi) is 4.69. The van der Waals surface area contributed by atoms with Crippen LogP contribution in [0, 0.1) is 5.92 Å². The Balaban J connectivity index is 3.46. The highest BCUT2D eigenvalue weighted by Gasteiger charge is 2.14. The monoisotopic (exact) mass is 167 g/mol. The number of nitrogens with one attached hydrogen (secondary N) is 1. The summed E-state index contributed by atoms with van der Waals surface area (Å²) in [6, 6.07) is 0. The molecule has 0 fully saturated rings. The number of carbonyl (C=O) groups excluding carboxylic acids is 1. The number of alkyl halides is 2. The van der Waals surface area contributed by atoms with Gasteiger partial charge in [-0.2, -0.15) is 8.78 Å². The van der Waals surface area contributed by atoms with Gasteiger partial charge in [-0.25, -0.2) is 0 Å². The molecule has 0 aromatic heterocycles. The maximum Gasteiger partial charge on any atom is 0.315 e. The Bertz CT molecular complexity index is 130. The molecule has 0 aliphatic rings. The lowest BCUT2D eigenvalue weighted by atomic mass is 10.2. The van der Waals surface area contributed by atoms with Gasteiger partial charge in [0, 0.05) is 13.2 Å². The number of halogens is 2. The van der Waals surface area contributed by atoms with Gasteiger partial charge in [0.15, 0.2) is 0 Å². The van der Waals surface area contributed by atoms with E-state index in [0.29, 0.717) is 0 Å². The molecule has 0 aromatic rings. The molecule has 1 atom stereocenters. The molecule has 0 bridgehead atoms. The van der Waals surface area contributed by atoms with Crippen LogP contribution in [-0.2, 0) is 4.79 Å². The lowest BCUT2D eigenvalue weighted by Crippen LogP contribution is -2.33. The van der Waals surface area contributed by atoms with E-state index in [0.717, 1.165) is 0 Å². The summed E-state index contributed by atoms with van der Waals surface area (Å²) in [7, 11) is 0. The van der Waals surface area contributed by atoms with E-state index in [1.807, 2.05) is 5.32 Å². The number of amides is 1. The fourth-order valence-corrected chi connectivity index (χ4v) is 0.417. The van der Waals surface area contributed by atoms with E-state index < -0.39 is 12.3 Å². The summed E-state index contributed by atoms with van der Waals surface area (Å²) >= 11 is 0. The van der Waals surface area contributed by atoms with Crippen molar-refractivity contribution in [1.82, 2.24) is 5.32 Å². The predicted molar refractivity (Wildman–Crippen MR) is 35.3 cm³/mol. The first-order valence-electron chi connectivity index (χ1n) is 3.24. The van der Waals surface area contributed by atoms with Gasteiger partial charge in [-0.3, -0.25) is 4.79 Å². The second kappa shape index (κ2) is 5.01. The van der Waals surface area contributed by atoms with E-state index in [9.17, 15) is 13.6 Å². The molecule has 0 radical (unpaired) electrons. The standard InChI is InChI=1S/C6H11F2NO2/c1-4(3-10)2-9-6(11)5(7)8/h4-5,10H,2-3H2,1H3,(H,9,11). The van der Waals surface area contributed by atoms with Gasteiger partial charge in [0.25, 0.3) is 5.91 Å². The molecule has 1 amide bonds. The lowest BCUT2D eigenvalue weighted by molar-refractivity contribution is -0.131. The van der Waals surface area contributed by atoms with Gasteiger partial charge in [-0.15, -0.1) is 0 Å². The summed E-state index contributed by atoms with van der Waals surface area (Å²) in [5, 5.41) is 10.4. The summed E-state index contributed by atoms with van der Waals surface area (Å²) in [6.07, 6.45) is -2.97. The number of aliphatic hydroxyl groups excluding tert-OH is 1. The SMILES string of the molecule is CC(CO)CNC(=O)C(F)F. The highest BCUT2D eigenvalue weighted by molar-refractivity contribution is 5.78. The lowest BCUT2D eigenvalue weighted by Gasteiger charge is -2.08. The molecular formula is C6H11F2NO2. The van der Waals surface area contributed by atoms with Gasteiger partial charge in [-0.1, -0.05) is 6.92 Å². The first-order chi connectivity index (χ1) is 5.07. The van der Waals surface area contributed by atoms with Crippen molar-refractivity contribution in [3.05, 3.63) is 0 Å². The number of aliphatic hydroxyl groups is 1. The van der Waals surface area contributed by atoms with Crippen molar-refractivity contribution < 1.29 is 18.7 Å². The third kappa shape index (κ3) is 4.66. The van der Waals surface area contributed by atoms with Gasteiger partial charge in [0.1, 0.15) is 0 Å². The van der Waals surface area contributed by atoms with E-state index in [-0.39, 0.29) is 19.1 Å². The van der Waals surface area contributed by atoms with Crippen molar-refractivity contribution in [2.45, 2.75) is 13.3 Å². The third-order valence-electron chi connectivity index (χ3n) is 1.13. The van der Waals surface area contributed by atoms with Crippen LogP contribution in [-0.4, -0.2) is 30.6 Å². The van der Waals surface area contributed by atoms with Crippen LogP contribution in [0.1, 0.15) is 6.92 Å². The summed E-state index contributed by atoms with van der Waals surface area (Å²) in [5.74, 6) is -1.47. The Hall–Kier alpha value is -0.710. The maximum atomic E-state index is 11.5. The molecule has 3 nitrogen and oxygen atoms in total. The summed E-state index contributed by atoms with van der Waals surface area (Å²) < 4.78 is 23.0. The largest absolute Gasteiger partial charge is 0.396 e. The Morgan fingerprint density at radius 2 is 2.18 bits per heavy atom. The Morgan fingerprint density at radius 3 is 2.55 bits per heavy atom. The van der Waals surface area contributed by atoms with Gasteiger partial charge in [-0.05, 0) is 5.92 Å². The molecule has 0 aromatic carbocycles. The average Bonchev–Trinajstić information content (AvgIpc) is 1.99. The second-order valence-electron chi connectivity index (χ2n) is 2.33. The van der Waals surface area contributed by atoms with Gasteiger partial charge < -0.3 is 10.4 Å². The molecule has 1 unspecified atom stereocenters. The van der Waals surface area contributed by atoms with E-state index in [4.69, 9.17) is 5.11 Å². The molecule has 0 heterocycles. The smallest absolute Gasteiger partial charge is 0.315 e. The highest BCUT2D eigenvalue weighted by Crippen LogP contribution is 1.93. The van der Waals surface area contributed by atoms with Gasteiger partial charge >= 0.3 is 6.43 Å². The van der Waals surface area contributed by atoms with Crippen LogP contribution >= 0.6 is 0 Å². The molecule has 11 heavy (non-hydrogen) atoms. The normalized spacial score (nSPS) is 13.2. The fourth-order valence-electron chi connectivity index (χ4n) is 0.417. The summed E-state index contributed by atoms with van der Waals surface area (Å²) in [5.41, 5.74) is 0. The minimum atomic E-state index is -2.97. The molecule has 0 rings (SSSR count). The topological polar surface area (TPSA) is 49.3 Å². The molecule has 0 spiro atoms. The number of hydrogen-bond acceptors (Lipinski definition) is 2. The second-order valence-corrected chi connectivity index (χ2v) is 2.33. The first kappa shape index (κ1) is 10.3. The van der Waals surface area contributed by atoms with Crippen LogP contribution in [0.25, 0.3) is 0 Å². The number of rotatable bonds is 4. The summed E-state index contributed by atoms with van der Waals surface area (Å²) in [6.45, 7) is 1.61. The van der Waals surface area contributed by atoms with E-state index in [1.165, 1.54) is 0 Å². The molecule has 66 valence electrons. The van der Waals surface area contributed by atoms with Crippen LogP contribution in [0.5, 0.6) is 0 Å². The van der Waals surface area contributed by atoms with Crippen molar-refractivity contribution in [3.8, 4) is 0 Å². The average molecular weight is 167 g/mol. The summed E-state index contributed by atoms with van der Waals surface area (Å²) in [4.78, 5) is 10.2. The quantitative estimate of drug-likeness (QED) is 0.619. The molecule has 2 N–H and O–H groups in total. The Morgan fingerprint density at radius 1 is 1.64 bits per heavy atom. The van der Waals surface area contributed by atoms with Crippen molar-refractivity contribution in [1.29, 1.82) is 0 Å². The number of hydrogen-bond donors (Lipinski definition) is 2. The van der Waals surface area contributed by atoms with Crippen LogP contribution in [0.15, 0.2) is 0 Å². The molecule has 0 saturated heterocycles. The van der Waals surface area contributed by atoms with E-state index in [1.54, 1.807) is 6.92 Å². The van der Waals surface area contributed by atoms with Crippen LogP contribution < -0.4 is 5.32 Å². The van der Waals surface area contributed by atoms with Crippen LogP contribution in [0.4, 0.5) is 8.78 Å². The zero-order chi connectivity index (χ0) is 8.85. The van der Waals surface area contributed by atoms with E-state index >= 15 is 0 Å². The molecule has 0 saturated carbocycles. The van der Waals surface area contributed by atoms with Crippen molar-refractivity contribution in [2.75, 3.05) is 13.2 Å². The number of carbonyl (C=O) groups is 1. The minimum absolute atomic E-state index is 0.0830. The minimum Gasteiger partial charge on any atom is -0.396 e.